The van der Waals surface area contributed by atoms with Crippen LogP contribution in [0.4, 0.5) is 13.2 Å². The number of esters is 1. The van der Waals surface area contributed by atoms with Crippen LogP contribution >= 0.6 is 0 Å². The predicted molar refractivity (Wildman–Crippen MR) is 134 cm³/mol. The average Bonchev–Trinajstić information content (AvgIpc) is 3.53. The molecule has 2 atom stereocenters. The number of hydrogen-bond acceptors (Lipinski definition) is 5. The second kappa shape index (κ2) is 9.32. The van der Waals surface area contributed by atoms with Crippen molar-refractivity contribution in [2.75, 3.05) is 20.3 Å². The Hall–Kier alpha value is -4.12. The van der Waals surface area contributed by atoms with Crippen LogP contribution in [0.2, 0.25) is 0 Å². The number of aromatic amines is 2. The van der Waals surface area contributed by atoms with E-state index in [0.717, 1.165) is 28.9 Å². The molecule has 3 aromatic heterocycles. The zero-order valence-corrected chi connectivity index (χ0v) is 20.8. The molecule has 1 amide bonds. The summed E-state index contributed by atoms with van der Waals surface area (Å²) in [5, 5.41) is 11.5. The summed E-state index contributed by atoms with van der Waals surface area (Å²) in [6.45, 7) is 2.91. The van der Waals surface area contributed by atoms with E-state index in [4.69, 9.17) is 4.74 Å². The fourth-order valence-electron chi connectivity index (χ4n) is 5.48. The van der Waals surface area contributed by atoms with Crippen molar-refractivity contribution in [3.05, 3.63) is 76.5 Å². The van der Waals surface area contributed by atoms with E-state index in [1.807, 2.05) is 24.3 Å². The number of halogens is 3. The molecule has 1 aromatic carbocycles. The number of amides is 1. The van der Waals surface area contributed by atoms with Crippen LogP contribution in [0.1, 0.15) is 50.6 Å². The van der Waals surface area contributed by atoms with Gasteiger partial charge in [0.15, 0.2) is 0 Å². The smallest absolute Gasteiger partial charge is 0.432 e. The number of hydrogen-bond donors (Lipinski definition) is 3. The molecule has 11 heteroatoms. The van der Waals surface area contributed by atoms with E-state index in [9.17, 15) is 27.9 Å². The molecule has 38 heavy (non-hydrogen) atoms. The third-order valence-electron chi connectivity index (χ3n) is 7.04. The number of allylic oxidation sites excluding steroid dienone is 1. The fourth-order valence-corrected chi connectivity index (χ4v) is 5.48. The first kappa shape index (κ1) is 25.5. The predicted octanol–water partition coefficient (Wildman–Crippen LogP) is 4.91. The van der Waals surface area contributed by atoms with Crippen LogP contribution < -0.4 is 0 Å². The molecule has 3 N–H and O–H groups in total. The van der Waals surface area contributed by atoms with Crippen LogP contribution in [-0.4, -0.2) is 57.1 Å². The maximum Gasteiger partial charge on any atom is 0.432 e. The molecule has 198 valence electrons. The highest BCUT2D eigenvalue weighted by atomic mass is 19.4. The third-order valence-corrected chi connectivity index (χ3v) is 7.04. The van der Waals surface area contributed by atoms with E-state index >= 15 is 0 Å². The lowest BCUT2D eigenvalue weighted by Gasteiger charge is -2.22. The molecule has 1 aliphatic heterocycles. The van der Waals surface area contributed by atoms with Crippen molar-refractivity contribution >= 4 is 33.7 Å². The maximum atomic E-state index is 13.8. The van der Waals surface area contributed by atoms with Gasteiger partial charge in [-0.3, -0.25) is 4.79 Å². The van der Waals surface area contributed by atoms with Crippen molar-refractivity contribution in [3.63, 3.8) is 0 Å². The third kappa shape index (κ3) is 4.03. The Bertz CT molecular complexity index is 1600. The summed E-state index contributed by atoms with van der Waals surface area (Å²) in [7, 11) is 1.01. The molecule has 0 bridgehead atoms. The van der Waals surface area contributed by atoms with Gasteiger partial charge in [-0.2, -0.15) is 13.2 Å². The van der Waals surface area contributed by atoms with Gasteiger partial charge in [-0.15, -0.1) is 0 Å². The van der Waals surface area contributed by atoms with Gasteiger partial charge < -0.3 is 24.7 Å². The van der Waals surface area contributed by atoms with Gasteiger partial charge in [0, 0.05) is 40.1 Å². The van der Waals surface area contributed by atoms with Crippen molar-refractivity contribution in [1.82, 2.24) is 19.9 Å². The number of benzene rings is 1. The molecule has 0 saturated carbocycles. The second-order valence-electron chi connectivity index (χ2n) is 9.37. The number of rotatable bonds is 4. The number of alkyl halides is 3. The number of para-hydroxylation sites is 1. The van der Waals surface area contributed by atoms with Crippen molar-refractivity contribution in [3.8, 4) is 0 Å². The minimum Gasteiger partial charge on any atom is -0.465 e. The lowest BCUT2D eigenvalue weighted by molar-refractivity contribution is -0.141. The highest BCUT2D eigenvalue weighted by Gasteiger charge is 2.46. The number of aliphatic hydroxyl groups excluding tert-OH is 1. The summed E-state index contributed by atoms with van der Waals surface area (Å²) in [6.07, 6.45) is -1.88. The number of carbonyl (C=O) groups is 2. The molecule has 1 saturated heterocycles. The zero-order valence-electron chi connectivity index (χ0n) is 20.8. The van der Waals surface area contributed by atoms with E-state index in [1.54, 1.807) is 19.2 Å². The van der Waals surface area contributed by atoms with E-state index in [2.05, 4.69) is 15.0 Å². The highest BCUT2D eigenvalue weighted by molar-refractivity contribution is 6.09. The first-order chi connectivity index (χ1) is 18.1. The number of aryl methyl sites for hydroxylation is 1. The maximum absolute atomic E-state index is 13.8. The number of H-pyrrole nitrogens is 2. The van der Waals surface area contributed by atoms with E-state index < -0.39 is 41.8 Å². The molecule has 0 spiro atoms. The number of pyridine rings is 1. The molecule has 0 radical (unpaired) electrons. The molecule has 8 nitrogen and oxygen atoms in total. The summed E-state index contributed by atoms with van der Waals surface area (Å²) in [6, 6.07) is 9.30. The van der Waals surface area contributed by atoms with Crippen molar-refractivity contribution in [2.45, 2.75) is 25.9 Å². The molecule has 5 rings (SSSR count). The molecular weight excluding hydrogens is 501 g/mol. The van der Waals surface area contributed by atoms with Gasteiger partial charge in [-0.25, -0.2) is 9.78 Å². The molecule has 0 aliphatic carbocycles. The lowest BCUT2D eigenvalue weighted by atomic mass is 9.85. The minimum absolute atomic E-state index is 0.0896. The highest BCUT2D eigenvalue weighted by Crippen LogP contribution is 2.47. The summed E-state index contributed by atoms with van der Waals surface area (Å²) in [4.78, 5) is 37.6. The number of aromatic nitrogens is 3. The van der Waals surface area contributed by atoms with Crippen molar-refractivity contribution in [2.24, 2.45) is 5.92 Å². The van der Waals surface area contributed by atoms with Crippen LogP contribution in [0.15, 0.2) is 48.3 Å². The van der Waals surface area contributed by atoms with Crippen LogP contribution in [0.5, 0.6) is 0 Å². The summed E-state index contributed by atoms with van der Waals surface area (Å²) >= 11 is 0. The van der Waals surface area contributed by atoms with Crippen LogP contribution in [-0.2, 0) is 10.9 Å². The molecule has 2 unspecified atom stereocenters. The first-order valence-electron chi connectivity index (χ1n) is 11.9. The first-order valence-corrected chi connectivity index (χ1v) is 11.9. The number of nitrogens with zero attached hydrogens (tertiary/aromatic N) is 2. The van der Waals surface area contributed by atoms with E-state index in [-0.39, 0.29) is 29.4 Å². The number of nitrogens with one attached hydrogen (secondary N) is 2. The molecule has 4 heterocycles. The average molecular weight is 527 g/mol. The number of fused-ring (bicyclic) bond motifs is 3. The molecule has 1 aliphatic rings. The zero-order chi connectivity index (χ0) is 27.4. The standard InChI is InChI=1S/C27H25F3N4O4/c1-13-12-34(25(36)18-10-16-15-6-4-5-7-17(15)33-19(16)11-31-18)20(8-9-35)21(13)22-14(2)32-24(27(28,29)30)23(22)26(37)38-3/h4-8,10-11,13,21,32-33,35H,9,12H2,1-3H3/b20-8+. The Morgan fingerprint density at radius 1 is 1.21 bits per heavy atom. The Morgan fingerprint density at radius 2 is 1.95 bits per heavy atom. The topological polar surface area (TPSA) is 111 Å². The summed E-state index contributed by atoms with van der Waals surface area (Å²) < 4.78 is 46.2. The summed E-state index contributed by atoms with van der Waals surface area (Å²) in [5.74, 6) is -2.77. The Kier molecular flexibility index (Phi) is 6.26. The van der Waals surface area contributed by atoms with E-state index in [1.165, 1.54) is 17.9 Å². The SMILES string of the molecule is COC(=O)c1c(C(F)(F)F)[nH]c(C)c1C1/C(=C\CO)N(C(=O)c2cc3c(cn2)[nH]c2ccccc23)CC1C. The lowest BCUT2D eigenvalue weighted by Crippen LogP contribution is -2.28. The fraction of sp³-hybridized carbons (Fsp3) is 0.296. The summed E-state index contributed by atoms with van der Waals surface area (Å²) in [5.41, 5.74) is 0.489. The number of aliphatic hydroxyl groups is 1. The van der Waals surface area contributed by atoms with Gasteiger partial charge in [-0.1, -0.05) is 25.1 Å². The van der Waals surface area contributed by atoms with Crippen LogP contribution in [0.3, 0.4) is 0 Å². The normalized spacial score (nSPS) is 19.1. The monoisotopic (exact) mass is 526 g/mol. The second-order valence-corrected chi connectivity index (χ2v) is 9.37. The Morgan fingerprint density at radius 3 is 2.63 bits per heavy atom. The number of likely N-dealkylation sites (tertiary alicyclic amines) is 1. The van der Waals surface area contributed by atoms with Crippen molar-refractivity contribution < 1.29 is 32.6 Å². The van der Waals surface area contributed by atoms with Crippen LogP contribution in [0.25, 0.3) is 21.8 Å². The van der Waals surface area contributed by atoms with Gasteiger partial charge in [0.25, 0.3) is 5.91 Å². The number of carbonyl (C=O) groups excluding carboxylic acids is 2. The van der Waals surface area contributed by atoms with Crippen molar-refractivity contribution in [1.29, 1.82) is 0 Å². The minimum atomic E-state index is -4.83. The van der Waals surface area contributed by atoms with Gasteiger partial charge in [0.1, 0.15) is 11.4 Å². The number of ether oxygens (including phenoxy) is 1. The van der Waals surface area contributed by atoms with E-state index in [0.29, 0.717) is 5.70 Å². The van der Waals surface area contributed by atoms with Gasteiger partial charge in [0.2, 0.25) is 0 Å². The van der Waals surface area contributed by atoms with Crippen LogP contribution in [0, 0.1) is 12.8 Å². The quantitative estimate of drug-likeness (QED) is 0.327. The molecule has 4 aromatic rings. The largest absolute Gasteiger partial charge is 0.465 e. The number of methoxy groups -OCH3 is 1. The van der Waals surface area contributed by atoms with Gasteiger partial charge in [-0.05, 0) is 36.6 Å². The molecular formula is C27H25F3N4O4. The van der Waals surface area contributed by atoms with Gasteiger partial charge in [0.05, 0.1) is 31.0 Å². The molecule has 1 fully saturated rings. The Balaban J connectivity index is 1.60. The Labute approximate surface area is 215 Å². The van der Waals surface area contributed by atoms with Gasteiger partial charge >= 0.3 is 12.1 Å².